The van der Waals surface area contributed by atoms with E-state index in [1.807, 2.05) is 0 Å². The van der Waals surface area contributed by atoms with Crippen molar-refractivity contribution in [3.05, 3.63) is 0 Å². The lowest BCUT2D eigenvalue weighted by atomic mass is 10.00. The van der Waals surface area contributed by atoms with Gasteiger partial charge in [0.05, 0.1) is 5.92 Å². The second-order valence-electron chi connectivity index (χ2n) is 4.90. The highest BCUT2D eigenvalue weighted by molar-refractivity contribution is 5.77. The molecule has 0 aromatic carbocycles. The standard InChI is InChI=1S/C10H16F3NO2/c1-9(2,3)16-8(15)7-6(4-5-14-7)10(11,12)13/h6-7,14H,4-5H2,1-3H3/t6-,7-/m1/s1. The van der Waals surface area contributed by atoms with Crippen LogP contribution in [0.2, 0.25) is 0 Å². The zero-order valence-corrected chi connectivity index (χ0v) is 9.52. The molecule has 1 fully saturated rings. The molecule has 0 aliphatic carbocycles. The highest BCUT2D eigenvalue weighted by Crippen LogP contribution is 2.35. The Morgan fingerprint density at radius 3 is 2.31 bits per heavy atom. The Bertz CT molecular complexity index is 270. The van der Waals surface area contributed by atoms with E-state index in [0.717, 1.165) is 0 Å². The van der Waals surface area contributed by atoms with E-state index < -0.39 is 29.7 Å². The van der Waals surface area contributed by atoms with Crippen molar-refractivity contribution in [1.29, 1.82) is 0 Å². The van der Waals surface area contributed by atoms with Crippen molar-refractivity contribution in [2.45, 2.75) is 45.0 Å². The summed E-state index contributed by atoms with van der Waals surface area (Å²) in [6.45, 7) is 5.07. The lowest BCUT2D eigenvalue weighted by molar-refractivity contribution is -0.189. The number of nitrogens with one attached hydrogen (secondary N) is 1. The van der Waals surface area contributed by atoms with Crippen LogP contribution in [0.3, 0.4) is 0 Å². The molecule has 2 atom stereocenters. The molecule has 0 aromatic heterocycles. The van der Waals surface area contributed by atoms with Gasteiger partial charge in [-0.2, -0.15) is 13.2 Å². The van der Waals surface area contributed by atoms with Gasteiger partial charge in [0, 0.05) is 0 Å². The van der Waals surface area contributed by atoms with E-state index in [0.29, 0.717) is 0 Å². The summed E-state index contributed by atoms with van der Waals surface area (Å²) in [6.07, 6.45) is -4.43. The van der Waals surface area contributed by atoms with Gasteiger partial charge in [-0.05, 0) is 33.7 Å². The van der Waals surface area contributed by atoms with Crippen LogP contribution in [-0.2, 0) is 9.53 Å². The Balaban J connectivity index is 2.69. The topological polar surface area (TPSA) is 38.3 Å². The molecule has 1 heterocycles. The van der Waals surface area contributed by atoms with Crippen LogP contribution in [0.25, 0.3) is 0 Å². The summed E-state index contributed by atoms with van der Waals surface area (Å²) in [5.74, 6) is -2.46. The van der Waals surface area contributed by atoms with Crippen molar-refractivity contribution in [1.82, 2.24) is 5.32 Å². The second-order valence-corrected chi connectivity index (χ2v) is 4.90. The molecule has 1 saturated heterocycles. The molecule has 1 aliphatic heterocycles. The van der Waals surface area contributed by atoms with Crippen LogP contribution in [-0.4, -0.2) is 30.3 Å². The van der Waals surface area contributed by atoms with Crippen molar-refractivity contribution in [2.75, 3.05) is 6.54 Å². The van der Waals surface area contributed by atoms with Crippen molar-refractivity contribution >= 4 is 5.97 Å². The average Bonchev–Trinajstić information content (AvgIpc) is 2.45. The molecule has 0 saturated carbocycles. The maximum Gasteiger partial charge on any atom is 0.393 e. The van der Waals surface area contributed by atoms with Gasteiger partial charge in [-0.1, -0.05) is 0 Å². The summed E-state index contributed by atoms with van der Waals surface area (Å²) in [4.78, 5) is 11.5. The maximum absolute atomic E-state index is 12.6. The minimum absolute atomic E-state index is 0.0760. The molecular weight excluding hydrogens is 223 g/mol. The zero-order valence-electron chi connectivity index (χ0n) is 9.52. The number of alkyl halides is 3. The summed E-state index contributed by atoms with van der Waals surface area (Å²) < 4.78 is 42.6. The lowest BCUT2D eigenvalue weighted by Gasteiger charge is -2.25. The molecule has 0 spiro atoms. The van der Waals surface area contributed by atoms with E-state index in [2.05, 4.69) is 5.32 Å². The van der Waals surface area contributed by atoms with Crippen LogP contribution >= 0.6 is 0 Å². The van der Waals surface area contributed by atoms with E-state index in [1.165, 1.54) is 0 Å². The Kier molecular flexibility index (Phi) is 3.52. The fourth-order valence-electron chi connectivity index (χ4n) is 1.67. The number of hydrogen-bond acceptors (Lipinski definition) is 3. The first kappa shape index (κ1) is 13.3. The van der Waals surface area contributed by atoms with Crippen LogP contribution in [0.5, 0.6) is 0 Å². The number of carbonyl (C=O) groups is 1. The largest absolute Gasteiger partial charge is 0.459 e. The molecule has 3 nitrogen and oxygen atoms in total. The number of rotatable bonds is 1. The summed E-state index contributed by atoms with van der Waals surface area (Å²) >= 11 is 0. The van der Waals surface area contributed by atoms with Crippen molar-refractivity contribution in [3.8, 4) is 0 Å². The predicted octanol–water partition coefficient (Wildman–Crippen LogP) is 1.87. The molecule has 16 heavy (non-hydrogen) atoms. The Morgan fingerprint density at radius 1 is 1.31 bits per heavy atom. The molecule has 1 rings (SSSR count). The van der Waals surface area contributed by atoms with Gasteiger partial charge in [0.2, 0.25) is 0 Å². The lowest BCUT2D eigenvalue weighted by Crippen LogP contribution is -2.45. The van der Waals surface area contributed by atoms with Crippen LogP contribution in [0.15, 0.2) is 0 Å². The van der Waals surface area contributed by atoms with Crippen LogP contribution in [0, 0.1) is 5.92 Å². The first-order valence-electron chi connectivity index (χ1n) is 5.14. The van der Waals surface area contributed by atoms with Crippen LogP contribution in [0.1, 0.15) is 27.2 Å². The summed E-state index contributed by atoms with van der Waals surface area (Å²) in [5, 5.41) is 2.54. The minimum atomic E-state index is -4.36. The number of halogens is 3. The first-order valence-corrected chi connectivity index (χ1v) is 5.14. The molecule has 0 amide bonds. The van der Waals surface area contributed by atoms with E-state index in [1.54, 1.807) is 20.8 Å². The Labute approximate surface area is 92.3 Å². The molecule has 1 N–H and O–H groups in total. The van der Waals surface area contributed by atoms with Gasteiger partial charge in [-0.3, -0.25) is 4.79 Å². The summed E-state index contributed by atoms with van der Waals surface area (Å²) in [6, 6.07) is -1.26. The van der Waals surface area contributed by atoms with Gasteiger partial charge < -0.3 is 10.1 Å². The number of esters is 1. The molecular formula is C10H16F3NO2. The fourth-order valence-corrected chi connectivity index (χ4v) is 1.67. The zero-order chi connectivity index (χ0) is 12.6. The number of hydrogen-bond donors (Lipinski definition) is 1. The molecule has 1 aliphatic rings. The highest BCUT2D eigenvalue weighted by atomic mass is 19.4. The van der Waals surface area contributed by atoms with E-state index in [9.17, 15) is 18.0 Å². The van der Waals surface area contributed by atoms with E-state index in [-0.39, 0.29) is 13.0 Å². The fraction of sp³-hybridized carbons (Fsp3) is 0.900. The summed E-state index contributed by atoms with van der Waals surface area (Å²) in [7, 11) is 0. The van der Waals surface area contributed by atoms with Gasteiger partial charge in [0.15, 0.2) is 0 Å². The molecule has 0 radical (unpaired) electrons. The summed E-state index contributed by atoms with van der Waals surface area (Å²) in [5.41, 5.74) is -0.766. The third kappa shape index (κ3) is 3.37. The van der Waals surface area contributed by atoms with E-state index in [4.69, 9.17) is 4.74 Å². The first-order chi connectivity index (χ1) is 7.11. The molecule has 0 aromatic rings. The van der Waals surface area contributed by atoms with Gasteiger partial charge in [0.25, 0.3) is 0 Å². The van der Waals surface area contributed by atoms with E-state index >= 15 is 0 Å². The molecule has 6 heteroatoms. The normalized spacial score (nSPS) is 26.9. The van der Waals surface area contributed by atoms with Gasteiger partial charge in [-0.25, -0.2) is 0 Å². The Morgan fingerprint density at radius 2 is 1.88 bits per heavy atom. The SMILES string of the molecule is CC(C)(C)OC(=O)[C@@H]1NCC[C@H]1C(F)(F)F. The number of ether oxygens (including phenoxy) is 1. The van der Waals surface area contributed by atoms with Crippen molar-refractivity contribution < 1.29 is 22.7 Å². The molecule has 94 valence electrons. The number of carbonyl (C=O) groups excluding carboxylic acids is 1. The van der Waals surface area contributed by atoms with Crippen molar-refractivity contribution in [3.63, 3.8) is 0 Å². The molecule has 0 bridgehead atoms. The van der Waals surface area contributed by atoms with Gasteiger partial charge in [0.1, 0.15) is 11.6 Å². The maximum atomic E-state index is 12.6. The highest BCUT2D eigenvalue weighted by Gasteiger charge is 2.50. The second kappa shape index (κ2) is 4.24. The molecule has 0 unspecified atom stereocenters. The quantitative estimate of drug-likeness (QED) is 0.710. The van der Waals surface area contributed by atoms with Crippen molar-refractivity contribution in [2.24, 2.45) is 5.92 Å². The smallest absolute Gasteiger partial charge is 0.393 e. The third-order valence-electron chi connectivity index (χ3n) is 2.30. The van der Waals surface area contributed by atoms with Gasteiger partial charge >= 0.3 is 12.1 Å². The Hall–Kier alpha value is -0.780. The third-order valence-corrected chi connectivity index (χ3v) is 2.30. The van der Waals surface area contributed by atoms with Crippen LogP contribution < -0.4 is 5.32 Å². The monoisotopic (exact) mass is 239 g/mol. The average molecular weight is 239 g/mol. The van der Waals surface area contributed by atoms with Gasteiger partial charge in [-0.15, -0.1) is 0 Å². The predicted molar refractivity (Wildman–Crippen MR) is 51.8 cm³/mol. The minimum Gasteiger partial charge on any atom is -0.459 e. The van der Waals surface area contributed by atoms with Crippen LogP contribution in [0.4, 0.5) is 13.2 Å².